The van der Waals surface area contributed by atoms with E-state index in [9.17, 15) is 4.79 Å². The molecular formula is C34H42O2. The highest BCUT2D eigenvalue weighted by atomic mass is 16.5. The molecule has 0 atom stereocenters. The van der Waals surface area contributed by atoms with Crippen molar-refractivity contribution in [3.8, 4) is 29.4 Å². The zero-order valence-corrected chi connectivity index (χ0v) is 22.3. The van der Waals surface area contributed by atoms with Crippen molar-refractivity contribution in [1.82, 2.24) is 0 Å². The average molecular weight is 483 g/mol. The molecule has 0 unspecified atom stereocenters. The van der Waals surface area contributed by atoms with Gasteiger partial charge in [-0.15, -0.1) is 0 Å². The molecule has 190 valence electrons. The highest BCUT2D eigenvalue weighted by Crippen LogP contribution is 2.33. The molecule has 0 saturated heterocycles. The molecule has 0 radical (unpaired) electrons. The van der Waals surface area contributed by atoms with E-state index in [1.165, 1.54) is 44.9 Å². The van der Waals surface area contributed by atoms with Gasteiger partial charge in [0.15, 0.2) is 0 Å². The Morgan fingerprint density at radius 3 is 1.89 bits per heavy atom. The standard InChI is InChI=1S/C34H42O2/c1-3-5-7-8-9-11-13-29-20-24-32(25-21-29)34(35)36-33-26-22-31(23-27-33)19-18-30-16-14-28(15-17-30)12-10-6-4-2/h14-17,22-23,26-27,29,32H,3-9,11,13,20-21,24-25H2,1-2H3/t29-,32-. The molecule has 0 N–H and O–H groups in total. The molecule has 2 heteroatoms. The molecule has 2 nitrogen and oxygen atoms in total. The normalized spacial score (nSPS) is 16.8. The number of carbonyl (C=O) groups is 1. The summed E-state index contributed by atoms with van der Waals surface area (Å²) in [6.07, 6.45) is 15.7. The van der Waals surface area contributed by atoms with Gasteiger partial charge in [0.1, 0.15) is 5.75 Å². The van der Waals surface area contributed by atoms with Gasteiger partial charge in [-0.2, -0.15) is 0 Å². The second kappa shape index (κ2) is 15.9. The molecule has 0 bridgehead atoms. The van der Waals surface area contributed by atoms with E-state index >= 15 is 0 Å². The van der Waals surface area contributed by atoms with Crippen LogP contribution >= 0.6 is 0 Å². The predicted octanol–water partition coefficient (Wildman–Crippen LogP) is 8.70. The summed E-state index contributed by atoms with van der Waals surface area (Å²) >= 11 is 0. The van der Waals surface area contributed by atoms with Crippen LogP contribution in [0, 0.1) is 35.5 Å². The molecule has 0 aliphatic heterocycles. The van der Waals surface area contributed by atoms with Crippen LogP contribution in [0.3, 0.4) is 0 Å². The van der Waals surface area contributed by atoms with Crippen LogP contribution in [0.15, 0.2) is 48.5 Å². The Labute approximate surface area is 219 Å². The summed E-state index contributed by atoms with van der Waals surface area (Å²) in [6, 6.07) is 15.5. The van der Waals surface area contributed by atoms with Crippen molar-refractivity contribution in [2.24, 2.45) is 11.8 Å². The fraction of sp³-hybridized carbons (Fsp3) is 0.500. The van der Waals surface area contributed by atoms with E-state index in [4.69, 9.17) is 4.74 Å². The molecule has 1 aliphatic rings. The number of hydrogen-bond donors (Lipinski definition) is 0. The largest absolute Gasteiger partial charge is 0.426 e. The number of carbonyl (C=O) groups excluding carboxylic acids is 1. The fourth-order valence-electron chi connectivity index (χ4n) is 4.78. The van der Waals surface area contributed by atoms with Gasteiger partial charge in [-0.1, -0.05) is 82.5 Å². The quantitative estimate of drug-likeness (QED) is 0.146. The van der Waals surface area contributed by atoms with Crippen molar-refractivity contribution in [3.05, 3.63) is 65.2 Å². The maximum absolute atomic E-state index is 12.7. The van der Waals surface area contributed by atoms with E-state index in [0.29, 0.717) is 5.75 Å². The van der Waals surface area contributed by atoms with Crippen molar-refractivity contribution in [3.63, 3.8) is 0 Å². The van der Waals surface area contributed by atoms with Gasteiger partial charge >= 0.3 is 5.97 Å². The second-order valence-electron chi connectivity index (χ2n) is 10.1. The van der Waals surface area contributed by atoms with Gasteiger partial charge in [0.2, 0.25) is 0 Å². The maximum Gasteiger partial charge on any atom is 0.314 e. The molecule has 0 heterocycles. The van der Waals surface area contributed by atoms with Gasteiger partial charge in [0.25, 0.3) is 0 Å². The lowest BCUT2D eigenvalue weighted by molar-refractivity contribution is -0.140. The van der Waals surface area contributed by atoms with Crippen LogP contribution in [0.25, 0.3) is 0 Å². The predicted molar refractivity (Wildman–Crippen MR) is 150 cm³/mol. The Morgan fingerprint density at radius 2 is 1.28 bits per heavy atom. The minimum absolute atomic E-state index is 0.0416. The molecule has 3 rings (SSSR count). The molecule has 1 fully saturated rings. The van der Waals surface area contributed by atoms with Gasteiger partial charge in [-0.25, -0.2) is 0 Å². The summed E-state index contributed by atoms with van der Waals surface area (Å²) in [4.78, 5) is 12.7. The minimum atomic E-state index is -0.0750. The van der Waals surface area contributed by atoms with Crippen LogP contribution in [0.5, 0.6) is 5.75 Å². The van der Waals surface area contributed by atoms with Gasteiger partial charge in [0, 0.05) is 23.1 Å². The van der Waals surface area contributed by atoms with Crippen molar-refractivity contribution in [1.29, 1.82) is 0 Å². The van der Waals surface area contributed by atoms with Crippen molar-refractivity contribution >= 4 is 5.97 Å². The monoisotopic (exact) mass is 482 g/mol. The first-order valence-corrected chi connectivity index (χ1v) is 14.1. The van der Waals surface area contributed by atoms with Crippen LogP contribution < -0.4 is 4.74 Å². The maximum atomic E-state index is 12.7. The molecule has 1 aliphatic carbocycles. The summed E-state index contributed by atoms with van der Waals surface area (Å²) in [5.41, 5.74) is 2.88. The third kappa shape index (κ3) is 9.95. The van der Waals surface area contributed by atoms with Crippen LogP contribution in [-0.2, 0) is 4.79 Å². The van der Waals surface area contributed by atoms with Crippen molar-refractivity contribution in [2.45, 2.75) is 97.3 Å². The molecule has 1 saturated carbocycles. The number of rotatable bonds is 10. The van der Waals surface area contributed by atoms with E-state index < -0.39 is 0 Å². The van der Waals surface area contributed by atoms with Crippen LogP contribution in [-0.4, -0.2) is 5.97 Å². The third-order valence-corrected chi connectivity index (χ3v) is 7.06. The van der Waals surface area contributed by atoms with Crippen molar-refractivity contribution < 1.29 is 9.53 Å². The number of unbranched alkanes of at least 4 members (excludes halogenated alkanes) is 6. The molecule has 2 aromatic rings. The fourth-order valence-corrected chi connectivity index (χ4v) is 4.78. The van der Waals surface area contributed by atoms with Gasteiger partial charge < -0.3 is 4.74 Å². The summed E-state index contributed by atoms with van der Waals surface area (Å²) in [7, 11) is 0. The van der Waals surface area contributed by atoms with E-state index in [0.717, 1.165) is 61.1 Å². The number of ether oxygens (including phenoxy) is 1. The molecule has 0 spiro atoms. The summed E-state index contributed by atoms with van der Waals surface area (Å²) in [6.45, 7) is 4.40. The Hall–Kier alpha value is -2.97. The Morgan fingerprint density at radius 1 is 0.722 bits per heavy atom. The topological polar surface area (TPSA) is 26.3 Å². The molecular weight excluding hydrogens is 440 g/mol. The second-order valence-corrected chi connectivity index (χ2v) is 10.1. The number of benzene rings is 2. The summed E-state index contributed by atoms with van der Waals surface area (Å²) < 4.78 is 5.70. The minimum Gasteiger partial charge on any atom is -0.426 e. The molecule has 0 aromatic heterocycles. The van der Waals surface area contributed by atoms with E-state index in [-0.39, 0.29) is 11.9 Å². The van der Waals surface area contributed by atoms with Crippen molar-refractivity contribution in [2.75, 3.05) is 0 Å². The van der Waals surface area contributed by atoms with Crippen LogP contribution in [0.4, 0.5) is 0 Å². The number of esters is 1. The lowest BCUT2D eigenvalue weighted by Gasteiger charge is -2.27. The zero-order valence-electron chi connectivity index (χ0n) is 22.3. The highest BCUT2D eigenvalue weighted by molar-refractivity contribution is 5.75. The smallest absolute Gasteiger partial charge is 0.314 e. The van der Waals surface area contributed by atoms with Crippen LogP contribution in [0.1, 0.15) is 114 Å². The zero-order chi connectivity index (χ0) is 25.4. The summed E-state index contributed by atoms with van der Waals surface area (Å²) in [5.74, 6) is 14.1. The Bertz CT molecular complexity index is 1030. The van der Waals surface area contributed by atoms with Gasteiger partial charge in [0.05, 0.1) is 5.92 Å². The van der Waals surface area contributed by atoms with E-state index in [1.807, 2.05) is 48.5 Å². The lowest BCUT2D eigenvalue weighted by Crippen LogP contribution is -2.25. The number of hydrogen-bond acceptors (Lipinski definition) is 2. The highest BCUT2D eigenvalue weighted by Gasteiger charge is 2.27. The molecule has 0 amide bonds. The molecule has 2 aromatic carbocycles. The average Bonchev–Trinajstić information content (AvgIpc) is 2.91. The molecule has 36 heavy (non-hydrogen) atoms. The van der Waals surface area contributed by atoms with Crippen LogP contribution in [0.2, 0.25) is 0 Å². The summed E-state index contributed by atoms with van der Waals surface area (Å²) in [5, 5.41) is 0. The van der Waals surface area contributed by atoms with Gasteiger partial charge in [-0.3, -0.25) is 4.79 Å². The Kier molecular flexibility index (Phi) is 12.2. The van der Waals surface area contributed by atoms with E-state index in [2.05, 4.69) is 37.5 Å². The van der Waals surface area contributed by atoms with E-state index in [1.54, 1.807) is 0 Å². The Balaban J connectivity index is 1.40. The first kappa shape index (κ1) is 27.6. The van der Waals surface area contributed by atoms with Gasteiger partial charge in [-0.05, 0) is 86.6 Å². The first-order valence-electron chi connectivity index (χ1n) is 14.1. The first-order chi connectivity index (χ1) is 17.7. The SMILES string of the molecule is CCCC#Cc1ccc(C#Cc2ccc(OC(=O)[C@H]3CC[C@H](CCCCCCCC)CC3)cc2)cc1. The third-order valence-electron chi connectivity index (χ3n) is 7.06. The lowest BCUT2D eigenvalue weighted by atomic mass is 9.80.